The van der Waals surface area contributed by atoms with E-state index in [2.05, 4.69) is 36.7 Å². The van der Waals surface area contributed by atoms with Gasteiger partial charge in [0.2, 0.25) is 5.91 Å². The Balaban J connectivity index is 1.52. The van der Waals surface area contributed by atoms with Crippen LogP contribution in [0, 0.1) is 0 Å². The lowest BCUT2D eigenvalue weighted by Crippen LogP contribution is -2.52. The first-order chi connectivity index (χ1) is 13.0. The van der Waals surface area contributed by atoms with Gasteiger partial charge in [0, 0.05) is 32.7 Å². The number of nitrogens with zero attached hydrogens (tertiary/aromatic N) is 2. The molecule has 0 aliphatic carbocycles. The molecule has 1 N–H and O–H groups in total. The van der Waals surface area contributed by atoms with E-state index in [1.54, 1.807) is 29.5 Å². The zero-order valence-corrected chi connectivity index (χ0v) is 15.9. The van der Waals surface area contributed by atoms with Gasteiger partial charge in [0.1, 0.15) is 5.75 Å². The highest BCUT2D eigenvalue weighted by Gasteiger charge is 2.26. The van der Waals surface area contributed by atoms with Crippen LogP contribution in [0.1, 0.15) is 12.5 Å². The summed E-state index contributed by atoms with van der Waals surface area (Å²) in [6.45, 7) is 3.17. The standard InChI is InChI=1S/C19H23F2N3O2S/c1-14(18(25)22-16-4-2-3-5-17(16)26-19(20)21)24-9-7-23(8-10-24)12-15-6-11-27-13-15/h2-6,11,13-14,19H,7-10,12H2,1H3,(H,22,25)/t14-/m0/s1. The number of anilines is 1. The Morgan fingerprint density at radius 1 is 1.22 bits per heavy atom. The summed E-state index contributed by atoms with van der Waals surface area (Å²) in [7, 11) is 0. The molecule has 2 aromatic rings. The lowest BCUT2D eigenvalue weighted by Gasteiger charge is -2.37. The molecule has 27 heavy (non-hydrogen) atoms. The molecule has 1 atom stereocenters. The van der Waals surface area contributed by atoms with Crippen LogP contribution in [-0.4, -0.2) is 54.5 Å². The van der Waals surface area contributed by atoms with Gasteiger partial charge in [0.05, 0.1) is 11.7 Å². The van der Waals surface area contributed by atoms with E-state index in [4.69, 9.17) is 0 Å². The van der Waals surface area contributed by atoms with Crippen LogP contribution in [0.2, 0.25) is 0 Å². The first-order valence-electron chi connectivity index (χ1n) is 8.85. The molecule has 1 saturated heterocycles. The number of thiophene rings is 1. The first kappa shape index (κ1) is 19.7. The minimum Gasteiger partial charge on any atom is -0.433 e. The Bertz CT molecular complexity index is 734. The highest BCUT2D eigenvalue weighted by atomic mass is 32.1. The van der Waals surface area contributed by atoms with E-state index < -0.39 is 6.61 Å². The third-order valence-electron chi connectivity index (χ3n) is 4.68. The Hall–Kier alpha value is -2.03. The van der Waals surface area contributed by atoms with Gasteiger partial charge in [0.15, 0.2) is 0 Å². The number of benzene rings is 1. The van der Waals surface area contributed by atoms with Gasteiger partial charge in [-0.25, -0.2) is 0 Å². The molecule has 0 saturated carbocycles. The molecule has 1 aromatic heterocycles. The molecule has 1 aromatic carbocycles. The van der Waals surface area contributed by atoms with E-state index in [1.165, 1.54) is 11.6 Å². The lowest BCUT2D eigenvalue weighted by atomic mass is 10.2. The van der Waals surface area contributed by atoms with Gasteiger partial charge in [0.25, 0.3) is 0 Å². The zero-order chi connectivity index (χ0) is 19.2. The van der Waals surface area contributed by atoms with Crippen molar-refractivity contribution in [2.45, 2.75) is 26.1 Å². The molecule has 5 nitrogen and oxygen atoms in total. The SMILES string of the molecule is C[C@@H](C(=O)Nc1ccccc1OC(F)F)N1CCN(Cc2ccsc2)CC1. The van der Waals surface area contributed by atoms with E-state index in [-0.39, 0.29) is 23.4 Å². The molecule has 1 aliphatic rings. The number of nitrogens with one attached hydrogen (secondary N) is 1. The third-order valence-corrected chi connectivity index (χ3v) is 5.41. The van der Waals surface area contributed by atoms with Gasteiger partial charge in [-0.15, -0.1) is 0 Å². The van der Waals surface area contributed by atoms with Gasteiger partial charge in [-0.3, -0.25) is 14.6 Å². The van der Waals surface area contributed by atoms with E-state index in [1.807, 2.05) is 6.92 Å². The van der Waals surface area contributed by atoms with Crippen molar-refractivity contribution < 1.29 is 18.3 Å². The van der Waals surface area contributed by atoms with Gasteiger partial charge >= 0.3 is 6.61 Å². The average molecular weight is 395 g/mol. The number of carbonyl (C=O) groups excluding carboxylic acids is 1. The number of hydrogen-bond donors (Lipinski definition) is 1. The molecule has 1 fully saturated rings. The Kier molecular flexibility index (Phi) is 6.76. The van der Waals surface area contributed by atoms with E-state index in [0.29, 0.717) is 0 Å². The monoisotopic (exact) mass is 395 g/mol. The molecule has 0 radical (unpaired) electrons. The van der Waals surface area contributed by atoms with Crippen molar-refractivity contribution in [3.05, 3.63) is 46.7 Å². The summed E-state index contributed by atoms with van der Waals surface area (Å²) in [5.41, 5.74) is 1.57. The molecule has 1 aliphatic heterocycles. The molecule has 8 heteroatoms. The predicted octanol–water partition coefficient (Wildman–Crippen LogP) is 3.49. The number of halogens is 2. The normalized spacial score (nSPS) is 17.0. The molecular formula is C19H23F2N3O2S. The highest BCUT2D eigenvalue weighted by molar-refractivity contribution is 7.07. The summed E-state index contributed by atoms with van der Waals surface area (Å²) >= 11 is 1.70. The van der Waals surface area contributed by atoms with Crippen LogP contribution in [0.3, 0.4) is 0 Å². The van der Waals surface area contributed by atoms with Crippen LogP contribution in [0.4, 0.5) is 14.5 Å². The quantitative estimate of drug-likeness (QED) is 0.780. The molecule has 146 valence electrons. The number of alkyl halides is 2. The summed E-state index contributed by atoms with van der Waals surface area (Å²) in [6, 6.07) is 8.00. The topological polar surface area (TPSA) is 44.8 Å². The van der Waals surface area contributed by atoms with E-state index in [0.717, 1.165) is 32.7 Å². The predicted molar refractivity (Wildman–Crippen MR) is 102 cm³/mol. The first-order valence-corrected chi connectivity index (χ1v) is 9.79. The van der Waals surface area contributed by atoms with E-state index in [9.17, 15) is 13.6 Å². The number of rotatable bonds is 7. The second-order valence-electron chi connectivity index (χ2n) is 6.48. The number of para-hydroxylation sites is 2. The van der Waals surface area contributed by atoms with E-state index >= 15 is 0 Å². The van der Waals surface area contributed by atoms with Crippen molar-refractivity contribution in [3.63, 3.8) is 0 Å². The van der Waals surface area contributed by atoms with Crippen molar-refractivity contribution in [1.29, 1.82) is 0 Å². The van der Waals surface area contributed by atoms with Crippen LogP contribution < -0.4 is 10.1 Å². The Morgan fingerprint density at radius 2 is 1.96 bits per heavy atom. The lowest BCUT2D eigenvalue weighted by molar-refractivity contribution is -0.121. The second-order valence-corrected chi connectivity index (χ2v) is 7.26. The maximum absolute atomic E-state index is 12.6. The summed E-state index contributed by atoms with van der Waals surface area (Å²) in [5.74, 6) is -0.264. The van der Waals surface area contributed by atoms with Gasteiger partial charge < -0.3 is 10.1 Å². The molecule has 0 spiro atoms. The van der Waals surface area contributed by atoms with Crippen molar-refractivity contribution in [2.24, 2.45) is 0 Å². The minimum absolute atomic E-state index is 0.0337. The van der Waals surface area contributed by atoms with Crippen LogP contribution in [-0.2, 0) is 11.3 Å². The largest absolute Gasteiger partial charge is 0.433 e. The smallest absolute Gasteiger partial charge is 0.387 e. The van der Waals surface area contributed by atoms with Crippen LogP contribution in [0.5, 0.6) is 5.75 Å². The molecule has 0 bridgehead atoms. The third kappa shape index (κ3) is 5.47. The number of carbonyl (C=O) groups is 1. The van der Waals surface area contributed by atoms with Crippen LogP contribution in [0.25, 0.3) is 0 Å². The van der Waals surface area contributed by atoms with Crippen molar-refractivity contribution >= 4 is 22.9 Å². The fourth-order valence-electron chi connectivity index (χ4n) is 3.12. The average Bonchev–Trinajstić information content (AvgIpc) is 3.16. The maximum Gasteiger partial charge on any atom is 0.387 e. The molecule has 2 heterocycles. The number of hydrogen-bond acceptors (Lipinski definition) is 5. The van der Waals surface area contributed by atoms with Crippen molar-refractivity contribution in [1.82, 2.24) is 9.80 Å². The number of piperazine rings is 1. The van der Waals surface area contributed by atoms with Crippen LogP contribution in [0.15, 0.2) is 41.1 Å². The highest BCUT2D eigenvalue weighted by Crippen LogP contribution is 2.26. The van der Waals surface area contributed by atoms with Crippen molar-refractivity contribution in [2.75, 3.05) is 31.5 Å². The number of amides is 1. The van der Waals surface area contributed by atoms with Gasteiger partial charge in [-0.2, -0.15) is 20.1 Å². The van der Waals surface area contributed by atoms with Crippen molar-refractivity contribution in [3.8, 4) is 5.75 Å². The summed E-state index contributed by atoms with van der Waals surface area (Å²) < 4.78 is 29.5. The summed E-state index contributed by atoms with van der Waals surface area (Å²) in [5, 5.41) is 6.94. The fraction of sp³-hybridized carbons (Fsp3) is 0.421. The fourth-order valence-corrected chi connectivity index (χ4v) is 3.78. The van der Waals surface area contributed by atoms with Crippen LogP contribution >= 0.6 is 11.3 Å². The molecular weight excluding hydrogens is 372 g/mol. The molecule has 0 unspecified atom stereocenters. The Labute approximate surface area is 161 Å². The molecule has 3 rings (SSSR count). The van der Waals surface area contributed by atoms with Gasteiger partial charge in [-0.1, -0.05) is 12.1 Å². The minimum atomic E-state index is -2.93. The molecule has 1 amide bonds. The maximum atomic E-state index is 12.6. The zero-order valence-electron chi connectivity index (χ0n) is 15.1. The second kappa shape index (κ2) is 9.25. The summed E-state index contributed by atoms with van der Waals surface area (Å²) in [6.07, 6.45) is 0. The number of ether oxygens (including phenoxy) is 1. The van der Waals surface area contributed by atoms with Gasteiger partial charge in [-0.05, 0) is 41.4 Å². The Morgan fingerprint density at radius 3 is 2.63 bits per heavy atom. The summed E-state index contributed by atoms with van der Waals surface area (Å²) in [4.78, 5) is 17.1.